The fourth-order valence-corrected chi connectivity index (χ4v) is 2.49. The highest BCUT2D eigenvalue weighted by Gasteiger charge is 2.20. The van der Waals surface area contributed by atoms with Crippen molar-refractivity contribution < 1.29 is 0 Å². The second kappa shape index (κ2) is 3.99. The highest BCUT2D eigenvalue weighted by Crippen LogP contribution is 2.25. The van der Waals surface area contributed by atoms with Gasteiger partial charge in [0.1, 0.15) is 5.82 Å². The van der Waals surface area contributed by atoms with Crippen molar-refractivity contribution in [1.29, 1.82) is 0 Å². The lowest BCUT2D eigenvalue weighted by Gasteiger charge is -2.20. The van der Waals surface area contributed by atoms with E-state index in [4.69, 9.17) is 0 Å². The zero-order chi connectivity index (χ0) is 11.8. The van der Waals surface area contributed by atoms with Crippen LogP contribution in [0.15, 0.2) is 24.3 Å². The maximum absolute atomic E-state index is 4.36. The van der Waals surface area contributed by atoms with E-state index in [9.17, 15) is 0 Å². The molecular formula is C14H17N3. The Hall–Kier alpha value is -1.64. The smallest absolute Gasteiger partial charge is 0.163 e. The first-order chi connectivity index (χ1) is 8.24. The third kappa shape index (κ3) is 1.86. The van der Waals surface area contributed by atoms with Gasteiger partial charge >= 0.3 is 0 Å². The number of benzene rings is 1. The molecule has 88 valence electrons. The average Bonchev–Trinajstić information content (AvgIpc) is 2.71. The summed E-state index contributed by atoms with van der Waals surface area (Å²) in [5.74, 6) is 2.89. The Labute approximate surface area is 101 Å². The maximum Gasteiger partial charge on any atom is 0.163 e. The largest absolute Gasteiger partial charge is 0.311 e. The van der Waals surface area contributed by atoms with Crippen molar-refractivity contribution in [3.8, 4) is 11.4 Å². The first-order valence-corrected chi connectivity index (χ1v) is 6.23. The first kappa shape index (κ1) is 10.5. The molecule has 2 heterocycles. The zero-order valence-electron chi connectivity index (χ0n) is 10.3. The van der Waals surface area contributed by atoms with Gasteiger partial charge in [-0.1, -0.05) is 30.7 Å². The molecule has 3 heteroatoms. The van der Waals surface area contributed by atoms with E-state index in [1.165, 1.54) is 17.5 Å². The van der Waals surface area contributed by atoms with Crippen molar-refractivity contribution >= 4 is 0 Å². The Bertz CT molecular complexity index is 542. The third-order valence-corrected chi connectivity index (χ3v) is 3.46. The summed E-state index contributed by atoms with van der Waals surface area (Å²) in [4.78, 5) is 0. The topological polar surface area (TPSA) is 30.7 Å². The Morgan fingerprint density at radius 1 is 1.29 bits per heavy atom. The molecule has 1 aromatic heterocycles. The summed E-state index contributed by atoms with van der Waals surface area (Å²) in [6, 6.07) is 8.48. The van der Waals surface area contributed by atoms with Gasteiger partial charge in [0, 0.05) is 18.5 Å². The van der Waals surface area contributed by atoms with Gasteiger partial charge in [-0.3, -0.25) is 0 Å². The molecule has 1 atom stereocenters. The van der Waals surface area contributed by atoms with Crippen LogP contribution in [0.4, 0.5) is 0 Å². The van der Waals surface area contributed by atoms with Gasteiger partial charge in [-0.25, -0.2) is 0 Å². The van der Waals surface area contributed by atoms with Crippen molar-refractivity contribution in [3.05, 3.63) is 35.7 Å². The van der Waals surface area contributed by atoms with E-state index >= 15 is 0 Å². The number of rotatable bonds is 1. The summed E-state index contributed by atoms with van der Waals surface area (Å²) in [7, 11) is 0. The lowest BCUT2D eigenvalue weighted by molar-refractivity contribution is 0.396. The van der Waals surface area contributed by atoms with E-state index in [0.29, 0.717) is 0 Å². The third-order valence-electron chi connectivity index (χ3n) is 3.46. The molecule has 1 unspecified atom stereocenters. The Morgan fingerprint density at radius 2 is 2.18 bits per heavy atom. The average molecular weight is 227 g/mol. The molecule has 0 aliphatic carbocycles. The Balaban J connectivity index is 2.07. The summed E-state index contributed by atoms with van der Waals surface area (Å²) < 4.78 is 2.28. The van der Waals surface area contributed by atoms with Crippen LogP contribution in [0, 0.1) is 12.8 Å². The van der Waals surface area contributed by atoms with Crippen LogP contribution in [0.3, 0.4) is 0 Å². The van der Waals surface area contributed by atoms with Gasteiger partial charge in [-0.05, 0) is 25.3 Å². The number of aryl methyl sites for hydroxylation is 2. The van der Waals surface area contributed by atoms with Gasteiger partial charge in [0.05, 0.1) is 0 Å². The summed E-state index contributed by atoms with van der Waals surface area (Å²) in [6.07, 6.45) is 2.28. The van der Waals surface area contributed by atoms with Crippen molar-refractivity contribution in [2.75, 3.05) is 0 Å². The molecule has 0 N–H and O–H groups in total. The van der Waals surface area contributed by atoms with Crippen LogP contribution in [-0.4, -0.2) is 14.8 Å². The Morgan fingerprint density at radius 3 is 3.00 bits per heavy atom. The van der Waals surface area contributed by atoms with Gasteiger partial charge in [0.25, 0.3) is 0 Å². The van der Waals surface area contributed by atoms with Crippen LogP contribution < -0.4 is 0 Å². The standard InChI is InChI=1S/C14H17N3/c1-10-4-3-5-12(8-10)14-16-15-13-7-6-11(2)9-17(13)14/h3-5,8,11H,6-7,9H2,1-2H3. The van der Waals surface area contributed by atoms with Gasteiger partial charge in [0.15, 0.2) is 5.82 Å². The Kier molecular flexibility index (Phi) is 2.46. The molecule has 0 amide bonds. The predicted octanol–water partition coefficient (Wildman–Crippen LogP) is 2.84. The molecule has 0 saturated heterocycles. The molecule has 1 aliphatic heterocycles. The number of aromatic nitrogens is 3. The van der Waals surface area contributed by atoms with Crippen molar-refractivity contribution in [2.24, 2.45) is 5.92 Å². The second-order valence-electron chi connectivity index (χ2n) is 5.06. The fourth-order valence-electron chi connectivity index (χ4n) is 2.49. The van der Waals surface area contributed by atoms with Crippen LogP contribution in [0.1, 0.15) is 24.7 Å². The zero-order valence-corrected chi connectivity index (χ0v) is 10.3. The van der Waals surface area contributed by atoms with Crippen molar-refractivity contribution in [2.45, 2.75) is 33.2 Å². The normalized spacial score (nSPS) is 19.1. The van der Waals surface area contributed by atoms with Gasteiger partial charge < -0.3 is 4.57 Å². The van der Waals surface area contributed by atoms with Gasteiger partial charge in [-0.2, -0.15) is 0 Å². The predicted molar refractivity (Wildman–Crippen MR) is 67.7 cm³/mol. The van der Waals surface area contributed by atoms with E-state index in [2.05, 4.69) is 52.9 Å². The van der Waals surface area contributed by atoms with E-state index in [1.54, 1.807) is 0 Å². The van der Waals surface area contributed by atoms with Crippen LogP contribution in [-0.2, 0) is 13.0 Å². The van der Waals surface area contributed by atoms with Gasteiger partial charge in [-0.15, -0.1) is 10.2 Å². The molecule has 0 spiro atoms. The van der Waals surface area contributed by atoms with Crippen LogP contribution in [0.2, 0.25) is 0 Å². The molecule has 0 saturated carbocycles. The molecule has 17 heavy (non-hydrogen) atoms. The van der Waals surface area contributed by atoms with Crippen LogP contribution in [0.5, 0.6) is 0 Å². The summed E-state index contributed by atoms with van der Waals surface area (Å²) >= 11 is 0. The molecule has 0 fully saturated rings. The maximum atomic E-state index is 4.36. The van der Waals surface area contributed by atoms with E-state index < -0.39 is 0 Å². The molecule has 0 bridgehead atoms. The molecule has 0 radical (unpaired) electrons. The highest BCUT2D eigenvalue weighted by atomic mass is 15.3. The van der Waals surface area contributed by atoms with Crippen molar-refractivity contribution in [3.63, 3.8) is 0 Å². The molecule has 2 aromatic rings. The van der Waals surface area contributed by atoms with E-state index in [-0.39, 0.29) is 0 Å². The quantitative estimate of drug-likeness (QED) is 0.750. The van der Waals surface area contributed by atoms with Gasteiger partial charge in [0.2, 0.25) is 0 Å². The summed E-state index contributed by atoms with van der Waals surface area (Å²) in [6.45, 7) is 5.45. The summed E-state index contributed by atoms with van der Waals surface area (Å²) in [5, 5.41) is 8.67. The number of hydrogen-bond acceptors (Lipinski definition) is 2. The minimum absolute atomic E-state index is 0.724. The molecule has 3 rings (SSSR count). The first-order valence-electron chi connectivity index (χ1n) is 6.23. The SMILES string of the molecule is Cc1cccc(-c2nnc3n2CC(C)CC3)c1. The van der Waals surface area contributed by atoms with Crippen LogP contribution in [0.25, 0.3) is 11.4 Å². The lowest BCUT2D eigenvalue weighted by atomic mass is 10.0. The fraction of sp³-hybridized carbons (Fsp3) is 0.429. The number of hydrogen-bond donors (Lipinski definition) is 0. The summed E-state index contributed by atoms with van der Waals surface area (Å²) in [5.41, 5.74) is 2.45. The molecule has 1 aliphatic rings. The van der Waals surface area contributed by atoms with Crippen LogP contribution >= 0.6 is 0 Å². The molecule has 1 aromatic carbocycles. The highest BCUT2D eigenvalue weighted by molar-refractivity contribution is 5.56. The lowest BCUT2D eigenvalue weighted by Crippen LogP contribution is -2.18. The second-order valence-corrected chi connectivity index (χ2v) is 5.06. The van der Waals surface area contributed by atoms with Crippen molar-refractivity contribution in [1.82, 2.24) is 14.8 Å². The monoisotopic (exact) mass is 227 g/mol. The molecule has 3 nitrogen and oxygen atoms in total. The van der Waals surface area contributed by atoms with E-state index in [0.717, 1.165) is 30.5 Å². The number of fused-ring (bicyclic) bond motifs is 1. The number of nitrogens with zero attached hydrogens (tertiary/aromatic N) is 3. The molecular weight excluding hydrogens is 210 g/mol. The minimum atomic E-state index is 0.724. The van der Waals surface area contributed by atoms with E-state index in [1.807, 2.05) is 0 Å². The minimum Gasteiger partial charge on any atom is -0.311 e.